The molecule has 1 aliphatic rings. The van der Waals surface area contributed by atoms with Crippen molar-refractivity contribution in [3.05, 3.63) is 99.0 Å². The number of nitrogens with two attached hydrogens (primary N) is 1. The third-order valence-electron chi connectivity index (χ3n) is 5.60. The number of amides is 2. The van der Waals surface area contributed by atoms with E-state index in [-0.39, 0.29) is 23.9 Å². The number of hydrogen-bond donors (Lipinski definition) is 2. The third kappa shape index (κ3) is 4.36. The van der Waals surface area contributed by atoms with E-state index in [1.54, 1.807) is 59.5 Å². The molecule has 0 fully saturated rings. The summed E-state index contributed by atoms with van der Waals surface area (Å²) in [5.74, 6) is -0.437. The Labute approximate surface area is 203 Å². The fourth-order valence-corrected chi connectivity index (χ4v) is 4.51. The van der Waals surface area contributed by atoms with Crippen molar-refractivity contribution in [1.82, 2.24) is 5.32 Å². The molecule has 0 radical (unpaired) electrons. The van der Waals surface area contributed by atoms with Gasteiger partial charge in [-0.1, -0.05) is 53.5 Å². The maximum absolute atomic E-state index is 13.7. The third-order valence-corrected chi connectivity index (χ3v) is 6.17. The van der Waals surface area contributed by atoms with Crippen LogP contribution in [0.1, 0.15) is 47.8 Å². The van der Waals surface area contributed by atoms with Gasteiger partial charge in [-0.15, -0.1) is 0 Å². The van der Waals surface area contributed by atoms with E-state index in [2.05, 4.69) is 5.32 Å². The molecule has 3 aromatic rings. The van der Waals surface area contributed by atoms with Crippen molar-refractivity contribution in [3.63, 3.8) is 0 Å². The van der Waals surface area contributed by atoms with Crippen LogP contribution >= 0.6 is 23.2 Å². The lowest BCUT2D eigenvalue weighted by Gasteiger charge is -2.26. The van der Waals surface area contributed by atoms with Crippen molar-refractivity contribution in [2.45, 2.75) is 38.4 Å². The first-order valence-electron chi connectivity index (χ1n) is 10.6. The van der Waals surface area contributed by atoms with Gasteiger partial charge in [-0.3, -0.25) is 9.59 Å². The van der Waals surface area contributed by atoms with Crippen molar-refractivity contribution in [2.24, 2.45) is 5.73 Å². The van der Waals surface area contributed by atoms with Gasteiger partial charge in [0.05, 0.1) is 12.2 Å². The summed E-state index contributed by atoms with van der Waals surface area (Å²) in [6.45, 7) is 6.08. The van der Waals surface area contributed by atoms with Gasteiger partial charge >= 0.3 is 0 Å². The molecule has 0 aromatic heterocycles. The fourth-order valence-electron chi connectivity index (χ4n) is 4.05. The standard InChI is InChI=1S/C26H25Cl2N3O2/c1-25(2,3)30-23(32)17-10-8-16(9-11-17)15-31-22-13-12-18(27)14-20(22)26(29,24(31)33)19-6-4-5-7-21(19)28/h4-14H,15,29H2,1-3H3,(H,30,32). The molecular formula is C26H25Cl2N3O2. The van der Waals surface area contributed by atoms with Gasteiger partial charge in [0.2, 0.25) is 0 Å². The largest absolute Gasteiger partial charge is 0.347 e. The predicted octanol–water partition coefficient (Wildman–Crippen LogP) is 5.27. The summed E-state index contributed by atoms with van der Waals surface area (Å²) in [7, 11) is 0. The Hall–Kier alpha value is -2.86. The van der Waals surface area contributed by atoms with E-state index in [0.717, 1.165) is 5.56 Å². The lowest BCUT2D eigenvalue weighted by Crippen LogP contribution is -2.48. The molecule has 0 saturated heterocycles. The van der Waals surface area contributed by atoms with Crippen molar-refractivity contribution >= 4 is 40.7 Å². The highest BCUT2D eigenvalue weighted by molar-refractivity contribution is 6.32. The number of benzene rings is 3. The minimum Gasteiger partial charge on any atom is -0.347 e. The van der Waals surface area contributed by atoms with E-state index < -0.39 is 5.54 Å². The van der Waals surface area contributed by atoms with Gasteiger partial charge in [-0.05, 0) is 62.7 Å². The van der Waals surface area contributed by atoms with Gasteiger partial charge in [0, 0.05) is 32.3 Å². The molecule has 1 unspecified atom stereocenters. The van der Waals surface area contributed by atoms with Crippen LogP contribution in [0.5, 0.6) is 0 Å². The first-order valence-corrected chi connectivity index (χ1v) is 11.3. The number of halogens is 2. The zero-order chi connectivity index (χ0) is 24.0. The zero-order valence-corrected chi connectivity index (χ0v) is 20.2. The maximum atomic E-state index is 13.7. The predicted molar refractivity (Wildman–Crippen MR) is 133 cm³/mol. The Morgan fingerprint density at radius 1 is 1.00 bits per heavy atom. The summed E-state index contributed by atoms with van der Waals surface area (Å²) in [5.41, 5.74) is 8.23. The quantitative estimate of drug-likeness (QED) is 0.532. The summed E-state index contributed by atoms with van der Waals surface area (Å²) in [6, 6.07) is 19.5. The summed E-state index contributed by atoms with van der Waals surface area (Å²) in [6.07, 6.45) is 0. The highest BCUT2D eigenvalue weighted by atomic mass is 35.5. The van der Waals surface area contributed by atoms with E-state index >= 15 is 0 Å². The Bertz CT molecular complexity index is 1240. The Morgan fingerprint density at radius 2 is 1.67 bits per heavy atom. The van der Waals surface area contributed by atoms with Crippen LogP contribution in [0.25, 0.3) is 0 Å². The number of nitrogens with zero attached hydrogens (tertiary/aromatic N) is 1. The first kappa shape index (κ1) is 23.3. The molecule has 7 heteroatoms. The van der Waals surface area contributed by atoms with Crippen LogP contribution in [0.3, 0.4) is 0 Å². The van der Waals surface area contributed by atoms with Crippen molar-refractivity contribution < 1.29 is 9.59 Å². The average Bonchev–Trinajstić information content (AvgIpc) is 2.95. The second-order valence-electron chi connectivity index (χ2n) is 9.24. The molecule has 3 aromatic carbocycles. The monoisotopic (exact) mass is 481 g/mol. The first-order chi connectivity index (χ1) is 15.5. The van der Waals surface area contributed by atoms with E-state index in [9.17, 15) is 9.59 Å². The number of hydrogen-bond acceptors (Lipinski definition) is 3. The van der Waals surface area contributed by atoms with Gasteiger partial charge in [0.25, 0.3) is 11.8 Å². The highest BCUT2D eigenvalue weighted by Gasteiger charge is 2.50. The fraction of sp³-hybridized carbons (Fsp3) is 0.231. The van der Waals surface area contributed by atoms with E-state index in [4.69, 9.17) is 28.9 Å². The second-order valence-corrected chi connectivity index (χ2v) is 10.1. The molecule has 1 aliphatic heterocycles. The van der Waals surface area contributed by atoms with Crippen LogP contribution in [0.4, 0.5) is 5.69 Å². The number of anilines is 1. The topological polar surface area (TPSA) is 75.4 Å². The van der Waals surface area contributed by atoms with Crippen molar-refractivity contribution in [1.29, 1.82) is 0 Å². The molecule has 33 heavy (non-hydrogen) atoms. The molecule has 1 heterocycles. The van der Waals surface area contributed by atoms with E-state index in [1.165, 1.54) is 0 Å². The molecule has 5 nitrogen and oxygen atoms in total. The lowest BCUT2D eigenvalue weighted by molar-refractivity contribution is -0.121. The maximum Gasteiger partial charge on any atom is 0.256 e. The molecule has 1 atom stereocenters. The van der Waals surface area contributed by atoms with Crippen LogP contribution in [0.15, 0.2) is 66.7 Å². The number of nitrogens with one attached hydrogen (secondary N) is 1. The smallest absolute Gasteiger partial charge is 0.256 e. The molecule has 0 bridgehead atoms. The minimum absolute atomic E-state index is 0.147. The SMILES string of the molecule is CC(C)(C)NC(=O)c1ccc(CN2C(=O)C(N)(c3ccccc3Cl)c3cc(Cl)ccc32)cc1. The van der Waals surface area contributed by atoms with Crippen LogP contribution in [0.2, 0.25) is 10.0 Å². The second kappa shape index (κ2) is 8.49. The highest BCUT2D eigenvalue weighted by Crippen LogP contribution is 2.46. The Morgan fingerprint density at radius 3 is 2.30 bits per heavy atom. The van der Waals surface area contributed by atoms with Gasteiger partial charge in [0.15, 0.2) is 5.54 Å². The molecule has 0 aliphatic carbocycles. The molecule has 3 N–H and O–H groups in total. The summed E-state index contributed by atoms with van der Waals surface area (Å²) >= 11 is 12.7. The van der Waals surface area contributed by atoms with Crippen LogP contribution in [-0.4, -0.2) is 17.4 Å². The number of carbonyl (C=O) groups excluding carboxylic acids is 2. The average molecular weight is 482 g/mol. The van der Waals surface area contributed by atoms with Gasteiger partial charge in [-0.25, -0.2) is 0 Å². The van der Waals surface area contributed by atoms with Gasteiger partial charge in [0.1, 0.15) is 0 Å². The molecular weight excluding hydrogens is 457 g/mol. The normalized spacial score (nSPS) is 17.8. The zero-order valence-electron chi connectivity index (χ0n) is 18.7. The Kier molecular flexibility index (Phi) is 5.99. The molecule has 170 valence electrons. The lowest BCUT2D eigenvalue weighted by atomic mass is 9.85. The molecule has 4 rings (SSSR count). The van der Waals surface area contributed by atoms with E-state index in [0.29, 0.717) is 32.4 Å². The number of fused-ring (bicyclic) bond motifs is 1. The summed E-state index contributed by atoms with van der Waals surface area (Å²) in [4.78, 5) is 27.8. The Balaban J connectivity index is 1.68. The van der Waals surface area contributed by atoms with Crippen LogP contribution < -0.4 is 16.0 Å². The number of carbonyl (C=O) groups is 2. The van der Waals surface area contributed by atoms with Crippen LogP contribution in [-0.2, 0) is 16.9 Å². The van der Waals surface area contributed by atoms with Gasteiger partial charge < -0.3 is 16.0 Å². The molecule has 2 amide bonds. The summed E-state index contributed by atoms with van der Waals surface area (Å²) < 4.78 is 0. The van der Waals surface area contributed by atoms with Crippen molar-refractivity contribution in [2.75, 3.05) is 4.90 Å². The minimum atomic E-state index is -1.45. The summed E-state index contributed by atoms with van der Waals surface area (Å²) in [5, 5.41) is 3.84. The number of rotatable bonds is 4. The molecule has 0 saturated carbocycles. The van der Waals surface area contributed by atoms with Crippen molar-refractivity contribution in [3.8, 4) is 0 Å². The van der Waals surface area contributed by atoms with Gasteiger partial charge in [-0.2, -0.15) is 0 Å². The molecule has 0 spiro atoms. The van der Waals surface area contributed by atoms with E-state index in [1.807, 2.05) is 32.9 Å². The van der Waals surface area contributed by atoms with Crippen LogP contribution in [0, 0.1) is 0 Å².